The van der Waals surface area contributed by atoms with Gasteiger partial charge < -0.3 is 10.7 Å². The van der Waals surface area contributed by atoms with E-state index >= 15 is 0 Å². The lowest BCUT2D eigenvalue weighted by atomic mass is 10.2. The Bertz CT molecular complexity index is 403. The van der Waals surface area contributed by atoms with Crippen molar-refractivity contribution in [1.29, 1.82) is 0 Å². The van der Waals surface area contributed by atoms with E-state index in [9.17, 15) is 0 Å². The molecule has 1 heterocycles. The number of hydrogen-bond donors (Lipinski definition) is 2. The first-order valence-electron chi connectivity index (χ1n) is 4.63. The summed E-state index contributed by atoms with van der Waals surface area (Å²) >= 11 is 0. The third-order valence-electron chi connectivity index (χ3n) is 2.13. The van der Waals surface area contributed by atoms with Crippen LogP contribution in [0.1, 0.15) is 18.7 Å². The van der Waals surface area contributed by atoms with Crippen LogP contribution in [0.5, 0.6) is 0 Å². The van der Waals surface area contributed by atoms with Gasteiger partial charge in [0.05, 0.1) is 11.9 Å². The van der Waals surface area contributed by atoms with Gasteiger partial charge in [0.25, 0.3) is 0 Å². The Morgan fingerprint density at radius 1 is 1.29 bits per heavy atom. The highest BCUT2D eigenvalue weighted by Crippen LogP contribution is 2.16. The van der Waals surface area contributed by atoms with Gasteiger partial charge in [-0.1, -0.05) is 30.3 Å². The second kappa shape index (κ2) is 3.64. The fraction of sp³-hybridized carbons (Fsp3) is 0.182. The molecule has 0 fully saturated rings. The number of rotatable bonds is 2. The number of benzene rings is 1. The first-order chi connectivity index (χ1) is 6.77. The molecule has 0 bridgehead atoms. The van der Waals surface area contributed by atoms with Crippen molar-refractivity contribution in [3.05, 3.63) is 42.2 Å². The van der Waals surface area contributed by atoms with Gasteiger partial charge in [-0.15, -0.1) is 0 Å². The maximum Gasteiger partial charge on any atom is 0.137 e. The molecular weight excluding hydrogens is 174 g/mol. The van der Waals surface area contributed by atoms with Gasteiger partial charge in [-0.2, -0.15) is 0 Å². The molecule has 1 aromatic heterocycles. The Labute approximate surface area is 83.0 Å². The second-order valence-corrected chi connectivity index (χ2v) is 3.34. The molecule has 72 valence electrons. The van der Waals surface area contributed by atoms with E-state index in [1.165, 1.54) is 0 Å². The van der Waals surface area contributed by atoms with Crippen molar-refractivity contribution >= 4 is 0 Å². The van der Waals surface area contributed by atoms with Gasteiger partial charge in [0.2, 0.25) is 0 Å². The molecule has 0 radical (unpaired) electrons. The summed E-state index contributed by atoms with van der Waals surface area (Å²) in [5, 5.41) is 0. The topological polar surface area (TPSA) is 54.7 Å². The van der Waals surface area contributed by atoms with E-state index in [4.69, 9.17) is 5.73 Å². The van der Waals surface area contributed by atoms with E-state index in [1.54, 1.807) is 6.20 Å². The summed E-state index contributed by atoms with van der Waals surface area (Å²) in [6.45, 7) is 1.93. The van der Waals surface area contributed by atoms with Crippen molar-refractivity contribution in [1.82, 2.24) is 9.97 Å². The minimum Gasteiger partial charge on any atom is -0.341 e. The van der Waals surface area contributed by atoms with Crippen LogP contribution in [0.15, 0.2) is 36.5 Å². The molecule has 0 aliphatic rings. The number of aromatic amines is 1. The van der Waals surface area contributed by atoms with Gasteiger partial charge in [-0.25, -0.2) is 4.98 Å². The third kappa shape index (κ3) is 1.67. The van der Waals surface area contributed by atoms with Gasteiger partial charge >= 0.3 is 0 Å². The smallest absolute Gasteiger partial charge is 0.137 e. The zero-order chi connectivity index (χ0) is 9.97. The standard InChI is InChI=1S/C11H13N3/c1-8(12)10-7-13-11(14-10)9-5-3-2-4-6-9/h2-8H,12H2,1H3,(H,13,14)/t8-/m1/s1. The first-order valence-corrected chi connectivity index (χ1v) is 4.63. The quantitative estimate of drug-likeness (QED) is 0.756. The number of H-pyrrole nitrogens is 1. The van der Waals surface area contributed by atoms with Gasteiger partial charge in [-0.05, 0) is 6.92 Å². The Morgan fingerprint density at radius 2 is 2.00 bits per heavy atom. The van der Waals surface area contributed by atoms with E-state index in [2.05, 4.69) is 9.97 Å². The Hall–Kier alpha value is -1.61. The minimum atomic E-state index is -0.0000350. The number of aromatic nitrogens is 2. The molecule has 2 rings (SSSR count). The second-order valence-electron chi connectivity index (χ2n) is 3.34. The van der Waals surface area contributed by atoms with Crippen LogP contribution in [0.4, 0.5) is 0 Å². The number of hydrogen-bond acceptors (Lipinski definition) is 2. The third-order valence-corrected chi connectivity index (χ3v) is 2.13. The van der Waals surface area contributed by atoms with Crippen LogP contribution in [0, 0.1) is 0 Å². The first kappa shape index (κ1) is 8.97. The van der Waals surface area contributed by atoms with Gasteiger partial charge in [-0.3, -0.25) is 0 Å². The predicted molar refractivity (Wildman–Crippen MR) is 56.6 cm³/mol. The number of imidazole rings is 1. The van der Waals surface area contributed by atoms with Gasteiger partial charge in [0.1, 0.15) is 5.82 Å². The molecule has 3 nitrogen and oxygen atoms in total. The van der Waals surface area contributed by atoms with Crippen LogP contribution in [0.2, 0.25) is 0 Å². The Morgan fingerprint density at radius 3 is 2.57 bits per heavy atom. The molecule has 3 heteroatoms. The monoisotopic (exact) mass is 187 g/mol. The molecule has 3 N–H and O–H groups in total. The summed E-state index contributed by atoms with van der Waals surface area (Å²) in [6, 6.07) is 10.00. The summed E-state index contributed by atoms with van der Waals surface area (Å²) in [7, 11) is 0. The Balaban J connectivity index is 2.34. The van der Waals surface area contributed by atoms with Crippen LogP contribution in [-0.4, -0.2) is 9.97 Å². The molecule has 1 aromatic carbocycles. The molecule has 0 unspecified atom stereocenters. The van der Waals surface area contributed by atoms with Crippen LogP contribution in [-0.2, 0) is 0 Å². The van der Waals surface area contributed by atoms with Crippen LogP contribution in [0.25, 0.3) is 11.4 Å². The van der Waals surface area contributed by atoms with E-state index < -0.39 is 0 Å². The summed E-state index contributed by atoms with van der Waals surface area (Å²) in [5.74, 6) is 0.873. The fourth-order valence-corrected chi connectivity index (χ4v) is 1.31. The minimum absolute atomic E-state index is 0.0000350. The highest BCUT2D eigenvalue weighted by molar-refractivity contribution is 5.54. The van der Waals surface area contributed by atoms with Crippen molar-refractivity contribution in [3.63, 3.8) is 0 Å². The van der Waals surface area contributed by atoms with E-state index in [1.807, 2.05) is 37.3 Å². The SMILES string of the molecule is C[C@@H](N)c1cnc(-c2ccccc2)[nH]1. The summed E-state index contributed by atoms with van der Waals surface area (Å²) in [4.78, 5) is 7.46. The van der Waals surface area contributed by atoms with Crippen LogP contribution >= 0.6 is 0 Å². The van der Waals surface area contributed by atoms with Crippen molar-refractivity contribution in [2.24, 2.45) is 5.73 Å². The van der Waals surface area contributed by atoms with E-state index in [0.717, 1.165) is 17.1 Å². The molecule has 0 spiro atoms. The van der Waals surface area contributed by atoms with Crippen molar-refractivity contribution < 1.29 is 0 Å². The average molecular weight is 187 g/mol. The fourth-order valence-electron chi connectivity index (χ4n) is 1.31. The zero-order valence-electron chi connectivity index (χ0n) is 8.07. The highest BCUT2D eigenvalue weighted by Gasteiger charge is 2.05. The lowest BCUT2D eigenvalue weighted by Crippen LogP contribution is -2.04. The summed E-state index contributed by atoms with van der Waals surface area (Å²) in [5.41, 5.74) is 7.78. The van der Waals surface area contributed by atoms with E-state index in [0.29, 0.717) is 0 Å². The van der Waals surface area contributed by atoms with Crippen molar-refractivity contribution in [3.8, 4) is 11.4 Å². The molecule has 1 atom stereocenters. The number of nitrogens with one attached hydrogen (secondary N) is 1. The predicted octanol–water partition coefficient (Wildman–Crippen LogP) is 2.10. The van der Waals surface area contributed by atoms with Gasteiger partial charge in [0.15, 0.2) is 0 Å². The number of nitrogens with two attached hydrogens (primary N) is 1. The largest absolute Gasteiger partial charge is 0.341 e. The molecule has 0 aliphatic heterocycles. The van der Waals surface area contributed by atoms with Gasteiger partial charge in [0, 0.05) is 11.6 Å². The summed E-state index contributed by atoms with van der Waals surface area (Å²) in [6.07, 6.45) is 1.78. The average Bonchev–Trinajstić information content (AvgIpc) is 2.68. The molecule has 0 aliphatic carbocycles. The lowest BCUT2D eigenvalue weighted by molar-refractivity contribution is 0.789. The van der Waals surface area contributed by atoms with E-state index in [-0.39, 0.29) is 6.04 Å². The zero-order valence-corrected chi connectivity index (χ0v) is 8.07. The highest BCUT2D eigenvalue weighted by atomic mass is 14.9. The maximum atomic E-state index is 5.73. The molecule has 0 amide bonds. The van der Waals surface area contributed by atoms with Crippen molar-refractivity contribution in [2.45, 2.75) is 13.0 Å². The summed E-state index contributed by atoms with van der Waals surface area (Å²) < 4.78 is 0. The lowest BCUT2D eigenvalue weighted by Gasteiger charge is -1.99. The molecule has 0 saturated carbocycles. The number of nitrogens with zero attached hydrogens (tertiary/aromatic N) is 1. The van der Waals surface area contributed by atoms with Crippen molar-refractivity contribution in [2.75, 3.05) is 0 Å². The van der Waals surface area contributed by atoms with Crippen LogP contribution < -0.4 is 5.73 Å². The van der Waals surface area contributed by atoms with Crippen LogP contribution in [0.3, 0.4) is 0 Å². The molecular formula is C11H13N3. The normalized spacial score (nSPS) is 12.7. The molecule has 0 saturated heterocycles. The Kier molecular flexibility index (Phi) is 2.33. The molecule has 2 aromatic rings. The molecule has 14 heavy (non-hydrogen) atoms. The maximum absolute atomic E-state index is 5.73.